The number of aryl methyl sites for hydroxylation is 2. The minimum absolute atomic E-state index is 0.0212. The van der Waals surface area contributed by atoms with E-state index < -0.39 is 5.91 Å². The highest BCUT2D eigenvalue weighted by Gasteiger charge is 2.24. The first-order chi connectivity index (χ1) is 11.9. The van der Waals surface area contributed by atoms with Gasteiger partial charge in [-0.05, 0) is 25.5 Å². The van der Waals surface area contributed by atoms with Crippen molar-refractivity contribution in [2.24, 2.45) is 5.73 Å². The van der Waals surface area contributed by atoms with Crippen LogP contribution >= 0.6 is 11.3 Å². The SMILES string of the molecule is Cc1nc2c(C(N)=O)c(N)n(-c3c(C)ccc4[nH]ncc34)c(=O)c2s1. The number of thiazole rings is 1. The number of hydrogen-bond acceptors (Lipinski definition) is 6. The quantitative estimate of drug-likeness (QED) is 0.503. The number of anilines is 1. The molecule has 1 aromatic carbocycles. The highest BCUT2D eigenvalue weighted by molar-refractivity contribution is 7.18. The molecule has 0 atom stereocenters. The van der Waals surface area contributed by atoms with Crippen LogP contribution in [0.2, 0.25) is 0 Å². The maximum absolute atomic E-state index is 13.1. The lowest BCUT2D eigenvalue weighted by Crippen LogP contribution is -2.27. The standard InChI is InChI=1S/C16H14N6O2S/c1-6-3-4-9-8(5-19-21-9)12(6)22-14(17)10(15(18)23)11-13(16(22)24)25-7(2)20-11/h3-5H,17H2,1-2H3,(H2,18,23)(H,19,21). The summed E-state index contributed by atoms with van der Waals surface area (Å²) in [5.74, 6) is -0.745. The van der Waals surface area contributed by atoms with Gasteiger partial charge in [-0.25, -0.2) is 4.98 Å². The monoisotopic (exact) mass is 354 g/mol. The van der Waals surface area contributed by atoms with E-state index in [-0.39, 0.29) is 22.5 Å². The molecule has 0 aliphatic rings. The van der Waals surface area contributed by atoms with Crippen LogP contribution in [0.1, 0.15) is 20.9 Å². The Kier molecular flexibility index (Phi) is 3.16. The lowest BCUT2D eigenvalue weighted by atomic mass is 10.1. The minimum Gasteiger partial charge on any atom is -0.384 e. The number of benzene rings is 1. The van der Waals surface area contributed by atoms with E-state index in [0.717, 1.165) is 16.5 Å². The van der Waals surface area contributed by atoms with Gasteiger partial charge in [-0.1, -0.05) is 6.07 Å². The third kappa shape index (κ3) is 2.06. The van der Waals surface area contributed by atoms with Crippen molar-refractivity contribution in [2.45, 2.75) is 13.8 Å². The first-order valence-corrected chi connectivity index (χ1v) is 8.26. The smallest absolute Gasteiger partial charge is 0.276 e. The van der Waals surface area contributed by atoms with Crippen molar-refractivity contribution >= 4 is 44.2 Å². The van der Waals surface area contributed by atoms with Crippen LogP contribution in [0.3, 0.4) is 0 Å². The second-order valence-electron chi connectivity index (χ2n) is 5.74. The van der Waals surface area contributed by atoms with Crippen LogP contribution < -0.4 is 17.0 Å². The Bertz CT molecular complexity index is 1230. The largest absolute Gasteiger partial charge is 0.384 e. The van der Waals surface area contributed by atoms with E-state index >= 15 is 0 Å². The number of aromatic nitrogens is 4. The lowest BCUT2D eigenvalue weighted by Gasteiger charge is -2.15. The molecule has 25 heavy (non-hydrogen) atoms. The number of pyridine rings is 1. The number of nitrogens with one attached hydrogen (secondary N) is 1. The Morgan fingerprint density at radius 3 is 2.80 bits per heavy atom. The molecule has 0 aliphatic carbocycles. The summed E-state index contributed by atoms with van der Waals surface area (Å²) in [5, 5.41) is 8.28. The molecule has 0 spiro atoms. The third-order valence-electron chi connectivity index (χ3n) is 4.13. The van der Waals surface area contributed by atoms with E-state index in [1.165, 1.54) is 15.9 Å². The van der Waals surface area contributed by atoms with E-state index in [1.807, 2.05) is 19.1 Å². The molecule has 9 heteroatoms. The number of nitrogen functional groups attached to an aromatic ring is 1. The highest BCUT2D eigenvalue weighted by Crippen LogP contribution is 2.30. The molecule has 3 aromatic heterocycles. The van der Waals surface area contributed by atoms with E-state index in [2.05, 4.69) is 15.2 Å². The number of rotatable bonds is 2. The normalized spacial score (nSPS) is 11.4. The van der Waals surface area contributed by atoms with Gasteiger partial charge >= 0.3 is 0 Å². The van der Waals surface area contributed by atoms with Crippen molar-refractivity contribution in [1.82, 2.24) is 19.7 Å². The molecule has 0 saturated heterocycles. The molecule has 0 radical (unpaired) electrons. The van der Waals surface area contributed by atoms with E-state index in [1.54, 1.807) is 13.1 Å². The number of nitrogens with zero attached hydrogens (tertiary/aromatic N) is 3. The van der Waals surface area contributed by atoms with E-state index in [0.29, 0.717) is 15.4 Å². The summed E-state index contributed by atoms with van der Waals surface area (Å²) in [4.78, 5) is 29.4. The Labute approximate surface area is 145 Å². The van der Waals surface area contributed by atoms with Crippen molar-refractivity contribution in [3.8, 4) is 5.69 Å². The highest BCUT2D eigenvalue weighted by atomic mass is 32.1. The van der Waals surface area contributed by atoms with E-state index in [4.69, 9.17) is 11.5 Å². The lowest BCUT2D eigenvalue weighted by molar-refractivity contribution is 0.100. The number of fused-ring (bicyclic) bond motifs is 2. The Balaban J connectivity index is 2.26. The second kappa shape index (κ2) is 5.15. The first kappa shape index (κ1) is 15.3. The van der Waals surface area contributed by atoms with Crippen LogP contribution in [0.4, 0.5) is 5.82 Å². The average Bonchev–Trinajstić information content (AvgIpc) is 3.15. The summed E-state index contributed by atoms with van der Waals surface area (Å²) >= 11 is 1.21. The van der Waals surface area contributed by atoms with Crippen molar-refractivity contribution in [3.63, 3.8) is 0 Å². The molecule has 0 unspecified atom stereocenters. The number of nitrogens with two attached hydrogens (primary N) is 2. The molecule has 0 fully saturated rings. The Hall–Kier alpha value is -3.20. The number of carbonyl (C=O) groups excluding carboxylic acids is 1. The fourth-order valence-electron chi connectivity index (χ4n) is 3.06. The Morgan fingerprint density at radius 2 is 2.08 bits per heavy atom. The van der Waals surface area contributed by atoms with Gasteiger partial charge in [-0.15, -0.1) is 11.3 Å². The zero-order chi connectivity index (χ0) is 17.9. The summed E-state index contributed by atoms with van der Waals surface area (Å²) in [6.45, 7) is 3.62. The molecule has 1 amide bonds. The zero-order valence-corrected chi connectivity index (χ0v) is 14.3. The van der Waals surface area contributed by atoms with Gasteiger partial charge in [-0.3, -0.25) is 19.3 Å². The van der Waals surface area contributed by atoms with Gasteiger partial charge in [0, 0.05) is 5.39 Å². The molecule has 5 N–H and O–H groups in total. The second-order valence-corrected chi connectivity index (χ2v) is 6.94. The molecule has 8 nitrogen and oxygen atoms in total. The zero-order valence-electron chi connectivity index (χ0n) is 13.5. The third-order valence-corrected chi connectivity index (χ3v) is 5.09. The van der Waals surface area contributed by atoms with Crippen LogP contribution in [-0.4, -0.2) is 25.7 Å². The maximum atomic E-state index is 13.1. The number of H-pyrrole nitrogens is 1. The number of primary amides is 1. The van der Waals surface area contributed by atoms with Gasteiger partial charge < -0.3 is 11.5 Å². The molecule has 126 valence electrons. The molecule has 3 heterocycles. The summed E-state index contributed by atoms with van der Waals surface area (Å²) < 4.78 is 1.67. The average molecular weight is 354 g/mol. The van der Waals surface area contributed by atoms with Crippen LogP contribution in [0.15, 0.2) is 23.1 Å². The number of hydrogen-bond donors (Lipinski definition) is 3. The predicted molar refractivity (Wildman–Crippen MR) is 97.3 cm³/mol. The topological polar surface area (TPSA) is 133 Å². The summed E-state index contributed by atoms with van der Waals surface area (Å²) in [7, 11) is 0. The number of amides is 1. The van der Waals surface area contributed by atoms with Gasteiger partial charge in [0.05, 0.1) is 22.4 Å². The van der Waals surface area contributed by atoms with Gasteiger partial charge in [-0.2, -0.15) is 5.10 Å². The number of aromatic amines is 1. The predicted octanol–water partition coefficient (Wildman–Crippen LogP) is 1.62. The van der Waals surface area contributed by atoms with Crippen molar-refractivity contribution in [3.05, 3.63) is 44.8 Å². The molecular weight excluding hydrogens is 340 g/mol. The number of carbonyl (C=O) groups is 1. The molecular formula is C16H14N6O2S. The van der Waals surface area contributed by atoms with Crippen molar-refractivity contribution < 1.29 is 4.79 Å². The molecule has 4 rings (SSSR count). The molecule has 4 aromatic rings. The van der Waals surface area contributed by atoms with Crippen LogP contribution in [0, 0.1) is 13.8 Å². The minimum atomic E-state index is -0.724. The maximum Gasteiger partial charge on any atom is 0.276 e. The fourth-order valence-corrected chi connectivity index (χ4v) is 3.91. The van der Waals surface area contributed by atoms with Gasteiger partial charge in [0.1, 0.15) is 21.6 Å². The van der Waals surface area contributed by atoms with Crippen LogP contribution in [-0.2, 0) is 0 Å². The Morgan fingerprint density at radius 1 is 1.32 bits per heavy atom. The molecule has 0 aliphatic heterocycles. The van der Waals surface area contributed by atoms with Gasteiger partial charge in [0.15, 0.2) is 0 Å². The van der Waals surface area contributed by atoms with Crippen molar-refractivity contribution in [1.29, 1.82) is 0 Å². The van der Waals surface area contributed by atoms with Gasteiger partial charge in [0.2, 0.25) is 0 Å². The summed E-state index contributed by atoms with van der Waals surface area (Å²) in [6, 6.07) is 3.72. The molecule has 0 saturated carbocycles. The van der Waals surface area contributed by atoms with Crippen LogP contribution in [0.25, 0.3) is 26.8 Å². The van der Waals surface area contributed by atoms with Gasteiger partial charge in [0.25, 0.3) is 11.5 Å². The van der Waals surface area contributed by atoms with Crippen molar-refractivity contribution in [2.75, 3.05) is 5.73 Å². The first-order valence-electron chi connectivity index (χ1n) is 7.44. The van der Waals surface area contributed by atoms with E-state index in [9.17, 15) is 9.59 Å². The molecule has 0 bridgehead atoms. The summed E-state index contributed by atoms with van der Waals surface area (Å²) in [6.07, 6.45) is 1.62. The fraction of sp³-hybridized carbons (Fsp3) is 0.125. The van der Waals surface area contributed by atoms with Crippen LogP contribution in [0.5, 0.6) is 0 Å². The summed E-state index contributed by atoms with van der Waals surface area (Å²) in [5.41, 5.74) is 13.9.